The zero-order valence-electron chi connectivity index (χ0n) is 20.0. The summed E-state index contributed by atoms with van der Waals surface area (Å²) in [5.41, 5.74) is 3.06. The molecule has 1 amide bonds. The van der Waals surface area contributed by atoms with Gasteiger partial charge in [0.1, 0.15) is 12.9 Å². The van der Waals surface area contributed by atoms with Crippen LogP contribution in [0.1, 0.15) is 36.1 Å². The van der Waals surface area contributed by atoms with Gasteiger partial charge in [-0.3, -0.25) is 8.98 Å². The van der Waals surface area contributed by atoms with Crippen LogP contribution >= 0.6 is 0 Å². The van der Waals surface area contributed by atoms with Crippen molar-refractivity contribution in [3.8, 4) is 0 Å². The molecule has 2 heterocycles. The summed E-state index contributed by atoms with van der Waals surface area (Å²) >= 11 is 0. The van der Waals surface area contributed by atoms with Crippen molar-refractivity contribution in [1.29, 1.82) is 0 Å². The van der Waals surface area contributed by atoms with Crippen LogP contribution in [0.25, 0.3) is 11.2 Å². The molecule has 0 aliphatic heterocycles. The number of nitrogens with one attached hydrogen (secondary N) is 2. The average molecular weight is 533 g/mol. The first kappa shape index (κ1) is 25.4. The number of rotatable bonds is 9. The minimum Gasteiger partial charge on any atom is -0.393 e. The van der Waals surface area contributed by atoms with Gasteiger partial charge in [0.15, 0.2) is 17.0 Å². The van der Waals surface area contributed by atoms with Gasteiger partial charge in [-0.1, -0.05) is 29.5 Å². The molecular formula is C22H28N8O6S. The Kier molecular flexibility index (Phi) is 7.04. The minimum atomic E-state index is -4.10. The highest BCUT2D eigenvalue weighted by Crippen LogP contribution is 2.38. The molecule has 0 radical (unpaired) electrons. The summed E-state index contributed by atoms with van der Waals surface area (Å²) in [6.45, 7) is -0.260. The SMILES string of the molecule is COCC(=O)N[C@H]1Cc2ccccc2[C@H]1Nc1ncnc2c1nnn2[C@@H]1C[C@@H](COS(N)(=O)=O)[C@@H](O)C1. The maximum atomic E-state index is 12.3. The number of carbonyl (C=O) groups is 1. The van der Waals surface area contributed by atoms with Crippen molar-refractivity contribution in [2.24, 2.45) is 11.1 Å². The van der Waals surface area contributed by atoms with E-state index in [1.807, 2.05) is 24.3 Å². The molecule has 5 atom stereocenters. The molecule has 1 fully saturated rings. The molecule has 198 valence electrons. The smallest absolute Gasteiger partial charge is 0.333 e. The van der Waals surface area contributed by atoms with Gasteiger partial charge >= 0.3 is 10.3 Å². The second-order valence-electron chi connectivity index (χ2n) is 9.29. The van der Waals surface area contributed by atoms with Crippen LogP contribution < -0.4 is 15.8 Å². The molecule has 15 heteroatoms. The Hall–Kier alpha value is -3.24. The zero-order valence-corrected chi connectivity index (χ0v) is 20.8. The first-order valence-electron chi connectivity index (χ1n) is 11.8. The summed E-state index contributed by atoms with van der Waals surface area (Å²) < 4.78 is 33.5. The van der Waals surface area contributed by atoms with Crippen molar-refractivity contribution in [3.05, 3.63) is 41.7 Å². The normalized spacial score (nSPS) is 25.3. The van der Waals surface area contributed by atoms with Crippen LogP contribution in [0.2, 0.25) is 0 Å². The van der Waals surface area contributed by atoms with E-state index in [0.717, 1.165) is 11.1 Å². The molecule has 5 rings (SSSR count). The third-order valence-corrected chi connectivity index (χ3v) is 7.30. The molecule has 3 aromatic rings. The molecular weight excluding hydrogens is 504 g/mol. The maximum Gasteiger partial charge on any atom is 0.333 e. The second kappa shape index (κ2) is 10.3. The Morgan fingerprint density at radius 1 is 1.27 bits per heavy atom. The number of methoxy groups -OCH3 is 1. The second-order valence-corrected chi connectivity index (χ2v) is 10.5. The van der Waals surface area contributed by atoms with Gasteiger partial charge in [0.2, 0.25) is 5.91 Å². The van der Waals surface area contributed by atoms with Crippen LogP contribution in [0.15, 0.2) is 30.6 Å². The van der Waals surface area contributed by atoms with Gasteiger partial charge in [-0.25, -0.2) is 19.8 Å². The maximum absolute atomic E-state index is 12.3. The molecule has 2 aromatic heterocycles. The Morgan fingerprint density at radius 2 is 2.08 bits per heavy atom. The molecule has 2 aliphatic carbocycles. The highest BCUT2D eigenvalue weighted by atomic mass is 32.2. The largest absolute Gasteiger partial charge is 0.393 e. The molecule has 2 aliphatic rings. The van der Waals surface area contributed by atoms with E-state index >= 15 is 0 Å². The topological polar surface area (TPSA) is 196 Å². The quantitative estimate of drug-likeness (QED) is 0.280. The third kappa shape index (κ3) is 5.40. The number of nitrogens with zero attached hydrogens (tertiary/aromatic N) is 5. The molecule has 1 aromatic carbocycles. The number of carbonyl (C=O) groups excluding carboxylic acids is 1. The molecule has 14 nitrogen and oxygen atoms in total. The number of amides is 1. The first-order valence-corrected chi connectivity index (χ1v) is 13.2. The fourth-order valence-electron chi connectivity index (χ4n) is 5.19. The number of hydrogen-bond donors (Lipinski definition) is 4. The lowest BCUT2D eigenvalue weighted by molar-refractivity contribution is -0.125. The van der Waals surface area contributed by atoms with Crippen LogP contribution in [0.5, 0.6) is 0 Å². The van der Waals surface area contributed by atoms with Crippen LogP contribution in [-0.2, 0) is 30.4 Å². The summed E-state index contributed by atoms with van der Waals surface area (Å²) in [6, 6.07) is 7.16. The van der Waals surface area contributed by atoms with Gasteiger partial charge in [0.05, 0.1) is 30.8 Å². The summed E-state index contributed by atoms with van der Waals surface area (Å²) in [6.07, 6.45) is 1.99. The first-order chi connectivity index (χ1) is 17.7. The number of benzene rings is 1. The van der Waals surface area contributed by atoms with Gasteiger partial charge < -0.3 is 20.5 Å². The molecule has 37 heavy (non-hydrogen) atoms. The molecule has 5 N–H and O–H groups in total. The Balaban J connectivity index is 1.38. The van der Waals surface area contributed by atoms with E-state index in [-0.39, 0.29) is 37.2 Å². The van der Waals surface area contributed by atoms with Gasteiger partial charge in [-0.05, 0) is 30.4 Å². The predicted molar refractivity (Wildman–Crippen MR) is 130 cm³/mol. The van der Waals surface area contributed by atoms with Gasteiger partial charge in [0, 0.05) is 13.0 Å². The summed E-state index contributed by atoms with van der Waals surface area (Å²) in [7, 11) is -2.63. The number of aliphatic hydroxyl groups excluding tert-OH is 1. The average Bonchev–Trinajstić information content (AvgIpc) is 3.53. The number of hydrogen-bond acceptors (Lipinski definition) is 11. The Bertz CT molecular complexity index is 1400. The fraction of sp³-hybridized carbons (Fsp3) is 0.500. The number of nitrogens with two attached hydrogens (primary N) is 1. The van der Waals surface area contributed by atoms with Crippen molar-refractivity contribution in [1.82, 2.24) is 30.3 Å². The zero-order chi connectivity index (χ0) is 26.2. The summed E-state index contributed by atoms with van der Waals surface area (Å²) in [4.78, 5) is 21.0. The molecule has 0 saturated heterocycles. The monoisotopic (exact) mass is 532 g/mol. The molecule has 0 spiro atoms. The lowest BCUT2D eigenvalue weighted by Crippen LogP contribution is -2.41. The minimum absolute atomic E-state index is 0.0396. The van der Waals surface area contributed by atoms with Crippen LogP contribution in [0.4, 0.5) is 5.82 Å². The van der Waals surface area contributed by atoms with Crippen LogP contribution in [-0.4, -0.2) is 76.9 Å². The predicted octanol–water partition coefficient (Wildman–Crippen LogP) is -0.406. The van der Waals surface area contributed by atoms with Crippen molar-refractivity contribution in [3.63, 3.8) is 0 Å². The van der Waals surface area contributed by atoms with E-state index in [4.69, 9.17) is 9.88 Å². The number of ether oxygens (including phenoxy) is 1. The van der Waals surface area contributed by atoms with E-state index in [1.165, 1.54) is 13.4 Å². The van der Waals surface area contributed by atoms with Crippen molar-refractivity contribution in [2.45, 2.75) is 43.5 Å². The number of anilines is 1. The Morgan fingerprint density at radius 3 is 2.86 bits per heavy atom. The van der Waals surface area contributed by atoms with E-state index in [0.29, 0.717) is 36.2 Å². The van der Waals surface area contributed by atoms with Gasteiger partial charge in [0.25, 0.3) is 0 Å². The Labute approximate surface area is 212 Å². The van der Waals surface area contributed by atoms with Crippen LogP contribution in [0, 0.1) is 5.92 Å². The van der Waals surface area contributed by atoms with E-state index in [2.05, 4.69) is 35.1 Å². The van der Waals surface area contributed by atoms with E-state index in [9.17, 15) is 18.3 Å². The van der Waals surface area contributed by atoms with Crippen molar-refractivity contribution >= 4 is 33.2 Å². The van der Waals surface area contributed by atoms with E-state index in [1.54, 1.807) is 4.68 Å². The van der Waals surface area contributed by atoms with Crippen molar-refractivity contribution in [2.75, 3.05) is 25.6 Å². The third-order valence-electron chi connectivity index (χ3n) is 6.83. The van der Waals surface area contributed by atoms with Gasteiger partial charge in [-0.15, -0.1) is 5.10 Å². The standard InChI is InChI=1S/C22H28N8O6S/c1-35-10-18(32)26-16-7-12-4-2-3-5-15(12)19(16)27-21-20-22(25-11-24-21)30(29-28-20)14-6-13(17(31)8-14)9-36-37(23,33)34/h2-5,11,13-14,16-17,19,31H,6-10H2,1H3,(H,26,32)(H2,23,33,34)(H,24,25,27)/t13-,14+,16-,17-,19+/m0/s1. The molecule has 0 bridgehead atoms. The van der Waals surface area contributed by atoms with Gasteiger partial charge in [-0.2, -0.15) is 8.42 Å². The highest BCUT2D eigenvalue weighted by molar-refractivity contribution is 7.84. The number of fused-ring (bicyclic) bond motifs is 2. The molecule has 0 unspecified atom stereocenters. The van der Waals surface area contributed by atoms with E-state index < -0.39 is 22.3 Å². The number of aliphatic hydroxyl groups is 1. The lowest BCUT2D eigenvalue weighted by atomic mass is 10.1. The number of aromatic nitrogens is 5. The van der Waals surface area contributed by atoms with Crippen LogP contribution in [0.3, 0.4) is 0 Å². The summed E-state index contributed by atoms with van der Waals surface area (Å²) in [5.74, 6) is -0.197. The summed E-state index contributed by atoms with van der Waals surface area (Å²) in [5, 5.41) is 30.4. The highest BCUT2D eigenvalue weighted by Gasteiger charge is 2.37. The molecule has 1 saturated carbocycles. The lowest BCUT2D eigenvalue weighted by Gasteiger charge is -2.23. The van der Waals surface area contributed by atoms with Crippen molar-refractivity contribution < 1.29 is 27.2 Å². The fourth-order valence-corrected chi connectivity index (χ4v) is 5.55.